The lowest BCUT2D eigenvalue weighted by atomic mass is 9.98. The minimum atomic E-state index is -0.474. The number of ether oxygens (including phenoxy) is 1. The Bertz CT molecular complexity index is 922. The fourth-order valence-corrected chi connectivity index (χ4v) is 3.69. The molecule has 4 heteroatoms. The second kappa shape index (κ2) is 7.64. The number of hydrogen-bond donors (Lipinski definition) is 2. The number of fused-ring (bicyclic) bond motifs is 3. The Hall–Kier alpha value is -3.11. The molecule has 1 aliphatic carbocycles. The molecule has 0 saturated carbocycles. The summed E-state index contributed by atoms with van der Waals surface area (Å²) in [6.07, 6.45) is 0.0817. The highest BCUT2D eigenvalue weighted by Gasteiger charge is 2.28. The van der Waals surface area contributed by atoms with Gasteiger partial charge >= 0.3 is 6.09 Å². The fourth-order valence-electron chi connectivity index (χ4n) is 3.69. The molecule has 0 aromatic heterocycles. The van der Waals surface area contributed by atoms with Crippen LogP contribution in [0.15, 0.2) is 72.8 Å². The fraction of sp³-hybridized carbons (Fsp3) is 0.174. The maximum Gasteiger partial charge on any atom is 0.411 e. The molecule has 3 aromatic carbocycles. The van der Waals surface area contributed by atoms with E-state index in [1.807, 2.05) is 48.5 Å². The van der Waals surface area contributed by atoms with Gasteiger partial charge in [0.25, 0.3) is 0 Å². The van der Waals surface area contributed by atoms with Gasteiger partial charge in [-0.25, -0.2) is 4.79 Å². The zero-order valence-electron chi connectivity index (χ0n) is 14.9. The second-order valence-corrected chi connectivity index (χ2v) is 6.62. The van der Waals surface area contributed by atoms with Gasteiger partial charge in [-0.05, 0) is 46.4 Å². The van der Waals surface area contributed by atoms with Gasteiger partial charge in [0.05, 0.1) is 0 Å². The molecular formula is C23H21NO3. The molecule has 0 unspecified atom stereocenters. The second-order valence-electron chi connectivity index (χ2n) is 6.62. The van der Waals surface area contributed by atoms with Crippen LogP contribution in [0.3, 0.4) is 0 Å². The first kappa shape index (κ1) is 17.3. The highest BCUT2D eigenvalue weighted by atomic mass is 16.5. The summed E-state index contributed by atoms with van der Waals surface area (Å²) in [5.74, 6) is 0.0453. The number of rotatable bonds is 5. The largest absolute Gasteiger partial charge is 0.448 e. The van der Waals surface area contributed by atoms with Crippen LogP contribution in [0.2, 0.25) is 0 Å². The van der Waals surface area contributed by atoms with E-state index in [-0.39, 0.29) is 19.1 Å². The van der Waals surface area contributed by atoms with Crippen LogP contribution in [0.5, 0.6) is 0 Å². The summed E-state index contributed by atoms with van der Waals surface area (Å²) in [7, 11) is 0. The normalized spacial score (nSPS) is 12.3. The third kappa shape index (κ3) is 3.57. The molecule has 0 saturated heterocycles. The molecule has 0 radical (unpaired) electrons. The number of carbonyl (C=O) groups excluding carboxylic acids is 1. The van der Waals surface area contributed by atoms with Crippen LogP contribution >= 0.6 is 0 Å². The van der Waals surface area contributed by atoms with Gasteiger partial charge in [-0.3, -0.25) is 5.32 Å². The van der Waals surface area contributed by atoms with E-state index in [0.717, 1.165) is 5.56 Å². The van der Waals surface area contributed by atoms with E-state index in [1.54, 1.807) is 0 Å². The molecule has 2 N–H and O–H groups in total. The summed E-state index contributed by atoms with van der Waals surface area (Å²) in [5.41, 5.74) is 6.43. The molecule has 0 heterocycles. The van der Waals surface area contributed by atoms with Crippen LogP contribution in [0.4, 0.5) is 10.5 Å². The van der Waals surface area contributed by atoms with E-state index in [4.69, 9.17) is 9.84 Å². The van der Waals surface area contributed by atoms with Crippen molar-refractivity contribution in [1.29, 1.82) is 0 Å². The smallest absolute Gasteiger partial charge is 0.411 e. The van der Waals surface area contributed by atoms with Crippen molar-refractivity contribution in [2.45, 2.75) is 12.3 Å². The van der Waals surface area contributed by atoms with Crippen molar-refractivity contribution in [1.82, 2.24) is 0 Å². The Morgan fingerprint density at radius 3 is 2.26 bits per heavy atom. The molecule has 136 valence electrons. The topological polar surface area (TPSA) is 58.6 Å². The van der Waals surface area contributed by atoms with Crippen molar-refractivity contribution in [2.75, 3.05) is 18.5 Å². The molecular weight excluding hydrogens is 338 g/mol. The van der Waals surface area contributed by atoms with Crippen molar-refractivity contribution in [2.24, 2.45) is 0 Å². The number of aliphatic hydroxyl groups is 1. The van der Waals surface area contributed by atoms with E-state index in [1.165, 1.54) is 22.3 Å². The van der Waals surface area contributed by atoms with Crippen LogP contribution < -0.4 is 5.32 Å². The van der Waals surface area contributed by atoms with E-state index < -0.39 is 6.09 Å². The van der Waals surface area contributed by atoms with Gasteiger partial charge < -0.3 is 9.84 Å². The van der Waals surface area contributed by atoms with Crippen molar-refractivity contribution in [3.8, 4) is 11.1 Å². The zero-order valence-corrected chi connectivity index (χ0v) is 14.9. The van der Waals surface area contributed by atoms with E-state index in [9.17, 15) is 4.79 Å². The number of hydrogen-bond acceptors (Lipinski definition) is 3. The average Bonchev–Trinajstić information content (AvgIpc) is 3.01. The quantitative estimate of drug-likeness (QED) is 0.701. The predicted octanol–water partition coefficient (Wildman–Crippen LogP) is 4.58. The highest BCUT2D eigenvalue weighted by Crippen LogP contribution is 2.44. The number of nitrogens with one attached hydrogen (secondary N) is 1. The number of amides is 1. The molecule has 1 amide bonds. The van der Waals surface area contributed by atoms with Crippen LogP contribution in [0, 0.1) is 0 Å². The first-order valence-electron chi connectivity index (χ1n) is 9.08. The van der Waals surface area contributed by atoms with Gasteiger partial charge in [0, 0.05) is 18.2 Å². The minimum absolute atomic E-state index is 0.0453. The Morgan fingerprint density at radius 2 is 1.59 bits per heavy atom. The van der Waals surface area contributed by atoms with Crippen molar-refractivity contribution in [3.05, 3.63) is 89.5 Å². The molecule has 0 fully saturated rings. The summed E-state index contributed by atoms with van der Waals surface area (Å²) in [4.78, 5) is 12.3. The molecule has 4 rings (SSSR count). The molecule has 27 heavy (non-hydrogen) atoms. The third-order valence-electron chi connectivity index (χ3n) is 4.92. The zero-order chi connectivity index (χ0) is 18.6. The summed E-state index contributed by atoms with van der Waals surface area (Å²) >= 11 is 0. The van der Waals surface area contributed by atoms with Gasteiger partial charge in [0.15, 0.2) is 0 Å². The standard InChI is InChI=1S/C23H21NO3/c25-13-12-16-6-5-7-17(14-16)24-23(26)27-15-22-20-10-3-1-8-18(20)19-9-2-4-11-21(19)22/h1-11,14,22,25H,12-13,15H2,(H,24,26). The van der Waals surface area contributed by atoms with Gasteiger partial charge in [0.2, 0.25) is 0 Å². The van der Waals surface area contributed by atoms with Gasteiger partial charge in [-0.2, -0.15) is 0 Å². The number of benzene rings is 3. The Morgan fingerprint density at radius 1 is 0.926 bits per heavy atom. The monoisotopic (exact) mass is 359 g/mol. The predicted molar refractivity (Wildman–Crippen MR) is 106 cm³/mol. The summed E-state index contributed by atoms with van der Waals surface area (Å²) < 4.78 is 5.54. The molecule has 3 aromatic rings. The maximum atomic E-state index is 12.3. The summed E-state index contributed by atoms with van der Waals surface area (Å²) in [6.45, 7) is 0.366. The van der Waals surface area contributed by atoms with Crippen molar-refractivity contribution >= 4 is 11.8 Å². The third-order valence-corrected chi connectivity index (χ3v) is 4.92. The average molecular weight is 359 g/mol. The lowest BCUT2D eigenvalue weighted by molar-refractivity contribution is 0.158. The molecule has 0 atom stereocenters. The summed E-state index contributed by atoms with van der Waals surface area (Å²) in [6, 6.07) is 23.9. The first-order chi connectivity index (χ1) is 13.3. The first-order valence-corrected chi connectivity index (χ1v) is 9.08. The van der Waals surface area contributed by atoms with Crippen molar-refractivity contribution in [3.63, 3.8) is 0 Å². The SMILES string of the molecule is O=C(Nc1cccc(CCO)c1)OCC1c2ccccc2-c2ccccc21. The van der Waals surface area contributed by atoms with Gasteiger partial charge in [0.1, 0.15) is 6.61 Å². The lowest BCUT2D eigenvalue weighted by Crippen LogP contribution is -2.18. The van der Waals surface area contributed by atoms with E-state index in [2.05, 4.69) is 29.6 Å². The van der Waals surface area contributed by atoms with Crippen LogP contribution in [-0.2, 0) is 11.2 Å². The Kier molecular flexibility index (Phi) is 4.90. The number of aliphatic hydroxyl groups excluding tert-OH is 1. The molecule has 0 aliphatic heterocycles. The van der Waals surface area contributed by atoms with E-state index in [0.29, 0.717) is 12.1 Å². The summed E-state index contributed by atoms with van der Waals surface area (Å²) in [5, 5.41) is 11.8. The number of carbonyl (C=O) groups is 1. The molecule has 4 nitrogen and oxygen atoms in total. The van der Waals surface area contributed by atoms with Gasteiger partial charge in [-0.1, -0.05) is 60.7 Å². The number of anilines is 1. The Labute approximate surface area is 158 Å². The highest BCUT2D eigenvalue weighted by molar-refractivity contribution is 5.85. The maximum absolute atomic E-state index is 12.3. The molecule has 1 aliphatic rings. The van der Waals surface area contributed by atoms with Gasteiger partial charge in [-0.15, -0.1) is 0 Å². The van der Waals surface area contributed by atoms with Crippen molar-refractivity contribution < 1.29 is 14.6 Å². The Balaban J connectivity index is 1.46. The molecule has 0 spiro atoms. The van der Waals surface area contributed by atoms with Crippen LogP contribution in [0.25, 0.3) is 11.1 Å². The lowest BCUT2D eigenvalue weighted by Gasteiger charge is -2.14. The van der Waals surface area contributed by atoms with Crippen LogP contribution in [-0.4, -0.2) is 24.4 Å². The minimum Gasteiger partial charge on any atom is -0.448 e. The van der Waals surface area contributed by atoms with Crippen LogP contribution in [0.1, 0.15) is 22.6 Å². The van der Waals surface area contributed by atoms with E-state index >= 15 is 0 Å². The molecule has 0 bridgehead atoms.